The zero-order valence-corrected chi connectivity index (χ0v) is 8.13. The molecule has 13 heavy (non-hydrogen) atoms. The Kier molecular flexibility index (Phi) is 4.06. The van der Waals surface area contributed by atoms with Gasteiger partial charge < -0.3 is 9.52 Å². The number of furan rings is 1. The van der Waals surface area contributed by atoms with Crippen LogP contribution in [0.3, 0.4) is 0 Å². The lowest BCUT2D eigenvalue weighted by molar-refractivity contribution is 0.164. The summed E-state index contributed by atoms with van der Waals surface area (Å²) in [7, 11) is 0. The Hall–Kier alpha value is -0.730. The van der Waals surface area contributed by atoms with Gasteiger partial charge in [0.15, 0.2) is 5.22 Å². The van der Waals surface area contributed by atoms with E-state index in [4.69, 9.17) is 16.0 Å². The van der Waals surface area contributed by atoms with E-state index in [0.29, 0.717) is 12.0 Å². The van der Waals surface area contributed by atoms with Crippen molar-refractivity contribution in [3.8, 4) is 0 Å². The number of halogens is 1. The zero-order valence-electron chi connectivity index (χ0n) is 7.37. The molecule has 0 bridgehead atoms. The van der Waals surface area contributed by atoms with Crippen LogP contribution in [-0.4, -0.2) is 5.11 Å². The standard InChI is InChI=1S/C10H13ClO2/c1-2-3-4-5-9(12)8-6-7-13-10(8)11/h2,6-7,9,12H,1,3-5H2. The van der Waals surface area contributed by atoms with Gasteiger partial charge in [-0.3, -0.25) is 0 Å². The molecule has 1 rings (SSSR count). The molecular weight excluding hydrogens is 188 g/mol. The number of allylic oxidation sites excluding steroid dienone is 1. The molecule has 1 unspecified atom stereocenters. The van der Waals surface area contributed by atoms with Crippen molar-refractivity contribution in [3.05, 3.63) is 35.8 Å². The Balaban J connectivity index is 2.44. The van der Waals surface area contributed by atoms with Crippen LogP contribution in [0, 0.1) is 0 Å². The summed E-state index contributed by atoms with van der Waals surface area (Å²) >= 11 is 5.70. The molecule has 2 nitrogen and oxygen atoms in total. The fourth-order valence-electron chi connectivity index (χ4n) is 1.15. The maximum Gasteiger partial charge on any atom is 0.198 e. The first-order chi connectivity index (χ1) is 6.25. The summed E-state index contributed by atoms with van der Waals surface area (Å²) in [5.41, 5.74) is 0.672. The van der Waals surface area contributed by atoms with Gasteiger partial charge in [0.2, 0.25) is 0 Å². The van der Waals surface area contributed by atoms with Crippen LogP contribution in [0.15, 0.2) is 29.4 Å². The largest absolute Gasteiger partial charge is 0.453 e. The van der Waals surface area contributed by atoms with Crippen LogP contribution in [0.1, 0.15) is 30.9 Å². The summed E-state index contributed by atoms with van der Waals surface area (Å²) in [6, 6.07) is 1.70. The summed E-state index contributed by atoms with van der Waals surface area (Å²) < 4.78 is 4.88. The van der Waals surface area contributed by atoms with Crippen molar-refractivity contribution in [2.75, 3.05) is 0 Å². The minimum Gasteiger partial charge on any atom is -0.453 e. The first kappa shape index (κ1) is 10.4. The smallest absolute Gasteiger partial charge is 0.198 e. The second-order valence-corrected chi connectivity index (χ2v) is 3.23. The van der Waals surface area contributed by atoms with Crippen molar-refractivity contribution < 1.29 is 9.52 Å². The number of hydrogen-bond acceptors (Lipinski definition) is 2. The summed E-state index contributed by atoms with van der Waals surface area (Å²) in [4.78, 5) is 0. The predicted octanol–water partition coefficient (Wildman–Crippen LogP) is 3.32. The molecule has 0 spiro atoms. The summed E-state index contributed by atoms with van der Waals surface area (Å²) in [6.07, 6.45) is 5.30. The molecule has 1 aromatic heterocycles. The van der Waals surface area contributed by atoms with E-state index in [1.807, 2.05) is 6.08 Å². The Bertz CT molecular complexity index is 268. The monoisotopic (exact) mass is 200 g/mol. The first-order valence-corrected chi connectivity index (χ1v) is 4.65. The fourth-order valence-corrected chi connectivity index (χ4v) is 1.39. The maximum absolute atomic E-state index is 9.64. The minimum atomic E-state index is -0.522. The lowest BCUT2D eigenvalue weighted by Crippen LogP contribution is -1.95. The fraction of sp³-hybridized carbons (Fsp3) is 0.400. The summed E-state index contributed by atoms with van der Waals surface area (Å²) in [5.74, 6) is 0. The third-order valence-electron chi connectivity index (χ3n) is 1.89. The number of aliphatic hydroxyl groups excluding tert-OH is 1. The minimum absolute atomic E-state index is 0.283. The van der Waals surface area contributed by atoms with Crippen LogP contribution in [0.25, 0.3) is 0 Å². The summed E-state index contributed by atoms with van der Waals surface area (Å²) in [5, 5.41) is 9.92. The highest BCUT2D eigenvalue weighted by molar-refractivity contribution is 6.29. The highest BCUT2D eigenvalue weighted by Gasteiger charge is 2.12. The van der Waals surface area contributed by atoms with E-state index >= 15 is 0 Å². The van der Waals surface area contributed by atoms with Crippen molar-refractivity contribution in [2.45, 2.75) is 25.4 Å². The normalized spacial score (nSPS) is 12.8. The third-order valence-corrected chi connectivity index (χ3v) is 2.20. The Morgan fingerprint density at radius 3 is 3.00 bits per heavy atom. The highest BCUT2D eigenvalue weighted by atomic mass is 35.5. The molecule has 0 aliphatic heterocycles. The van der Waals surface area contributed by atoms with Gasteiger partial charge in [-0.2, -0.15) is 0 Å². The molecule has 0 radical (unpaired) electrons. The number of aliphatic hydroxyl groups is 1. The van der Waals surface area contributed by atoms with E-state index < -0.39 is 6.10 Å². The van der Waals surface area contributed by atoms with Crippen LogP contribution in [0.4, 0.5) is 0 Å². The van der Waals surface area contributed by atoms with Crippen molar-refractivity contribution in [1.29, 1.82) is 0 Å². The van der Waals surface area contributed by atoms with Gasteiger partial charge in [-0.15, -0.1) is 6.58 Å². The summed E-state index contributed by atoms with van der Waals surface area (Å²) in [6.45, 7) is 3.61. The average Bonchev–Trinajstić information content (AvgIpc) is 2.52. The Morgan fingerprint density at radius 2 is 2.46 bits per heavy atom. The van der Waals surface area contributed by atoms with Crippen molar-refractivity contribution >= 4 is 11.6 Å². The molecule has 72 valence electrons. The van der Waals surface area contributed by atoms with Gasteiger partial charge in [-0.05, 0) is 36.9 Å². The second-order valence-electron chi connectivity index (χ2n) is 2.89. The molecule has 0 aliphatic rings. The molecule has 1 atom stereocenters. The van der Waals surface area contributed by atoms with Gasteiger partial charge in [0, 0.05) is 5.56 Å². The molecule has 0 aliphatic carbocycles. The molecule has 1 aromatic rings. The number of hydrogen-bond donors (Lipinski definition) is 1. The molecule has 0 saturated heterocycles. The van der Waals surface area contributed by atoms with Crippen molar-refractivity contribution in [2.24, 2.45) is 0 Å². The molecule has 0 aromatic carbocycles. The van der Waals surface area contributed by atoms with Gasteiger partial charge in [0.25, 0.3) is 0 Å². The van der Waals surface area contributed by atoms with Gasteiger partial charge in [0.1, 0.15) is 0 Å². The van der Waals surface area contributed by atoms with Crippen LogP contribution < -0.4 is 0 Å². The Morgan fingerprint density at radius 1 is 1.69 bits per heavy atom. The predicted molar refractivity (Wildman–Crippen MR) is 52.7 cm³/mol. The lowest BCUT2D eigenvalue weighted by atomic mass is 10.1. The van der Waals surface area contributed by atoms with Gasteiger partial charge in [-0.25, -0.2) is 0 Å². The van der Waals surface area contributed by atoms with Crippen LogP contribution in [-0.2, 0) is 0 Å². The van der Waals surface area contributed by atoms with Gasteiger partial charge in [-0.1, -0.05) is 6.08 Å². The molecule has 3 heteroatoms. The van der Waals surface area contributed by atoms with E-state index in [1.54, 1.807) is 6.07 Å². The molecule has 0 saturated carbocycles. The first-order valence-electron chi connectivity index (χ1n) is 4.27. The second kappa shape index (κ2) is 5.10. The van der Waals surface area contributed by atoms with E-state index in [0.717, 1.165) is 12.8 Å². The maximum atomic E-state index is 9.64. The molecule has 0 fully saturated rings. The van der Waals surface area contributed by atoms with Crippen LogP contribution in [0.2, 0.25) is 5.22 Å². The molecular formula is C10H13ClO2. The van der Waals surface area contributed by atoms with E-state index in [9.17, 15) is 5.11 Å². The van der Waals surface area contributed by atoms with Crippen LogP contribution >= 0.6 is 11.6 Å². The van der Waals surface area contributed by atoms with E-state index in [1.165, 1.54) is 6.26 Å². The van der Waals surface area contributed by atoms with E-state index in [2.05, 4.69) is 6.58 Å². The zero-order chi connectivity index (χ0) is 9.68. The number of rotatable bonds is 5. The number of unbranched alkanes of at least 4 members (excludes halogenated alkanes) is 1. The molecule has 0 amide bonds. The highest BCUT2D eigenvalue weighted by Crippen LogP contribution is 2.27. The van der Waals surface area contributed by atoms with Gasteiger partial charge in [0.05, 0.1) is 12.4 Å². The molecule has 1 heterocycles. The lowest BCUT2D eigenvalue weighted by Gasteiger charge is -2.06. The Labute approximate surface area is 82.8 Å². The van der Waals surface area contributed by atoms with Crippen molar-refractivity contribution in [1.82, 2.24) is 0 Å². The SMILES string of the molecule is C=CCCCC(O)c1ccoc1Cl. The van der Waals surface area contributed by atoms with E-state index in [-0.39, 0.29) is 5.22 Å². The molecule has 1 N–H and O–H groups in total. The van der Waals surface area contributed by atoms with Crippen LogP contribution in [0.5, 0.6) is 0 Å². The average molecular weight is 201 g/mol. The topological polar surface area (TPSA) is 33.4 Å². The van der Waals surface area contributed by atoms with Crippen molar-refractivity contribution in [3.63, 3.8) is 0 Å². The third kappa shape index (κ3) is 2.90. The quantitative estimate of drug-likeness (QED) is 0.584. The van der Waals surface area contributed by atoms with Gasteiger partial charge >= 0.3 is 0 Å².